The molecule has 3 aromatic rings. The van der Waals surface area contributed by atoms with Crippen molar-refractivity contribution in [3.63, 3.8) is 0 Å². The Morgan fingerprint density at radius 1 is 1.30 bits per heavy atom. The van der Waals surface area contributed by atoms with E-state index in [0.717, 1.165) is 10.7 Å². The summed E-state index contributed by atoms with van der Waals surface area (Å²) in [5, 5.41) is 11.4. The van der Waals surface area contributed by atoms with Gasteiger partial charge in [-0.15, -0.1) is 11.3 Å². The molecule has 1 aromatic carbocycles. The zero-order valence-electron chi connectivity index (χ0n) is 11.4. The summed E-state index contributed by atoms with van der Waals surface area (Å²) in [5.74, 6) is 1.70. The zero-order valence-corrected chi connectivity index (χ0v) is 12.2. The topological polar surface area (TPSA) is 46.8 Å². The molecule has 0 spiro atoms. The van der Waals surface area contributed by atoms with Crippen molar-refractivity contribution in [2.45, 2.75) is 26.4 Å². The number of hydrogen-bond donors (Lipinski definition) is 1. The first kappa shape index (κ1) is 13.1. The molecule has 0 bridgehead atoms. The Morgan fingerprint density at radius 2 is 2.05 bits per heavy atom. The van der Waals surface area contributed by atoms with Crippen LogP contribution in [0.25, 0.3) is 4.96 Å². The maximum Gasteiger partial charge on any atom is 0.244 e. The highest BCUT2D eigenvalue weighted by Crippen LogP contribution is 2.28. The molecule has 2 aromatic heterocycles. The van der Waals surface area contributed by atoms with Crippen molar-refractivity contribution in [1.82, 2.24) is 9.38 Å². The van der Waals surface area contributed by atoms with Crippen molar-refractivity contribution in [3.8, 4) is 11.6 Å². The molecule has 0 saturated heterocycles. The van der Waals surface area contributed by atoms with Crippen LogP contribution < -0.4 is 4.74 Å². The van der Waals surface area contributed by atoms with Crippen LogP contribution in [0.15, 0.2) is 35.8 Å². The van der Waals surface area contributed by atoms with Crippen molar-refractivity contribution in [2.75, 3.05) is 0 Å². The number of imidazole rings is 1. The largest absolute Gasteiger partial charge is 0.437 e. The maximum atomic E-state index is 9.48. The van der Waals surface area contributed by atoms with E-state index < -0.39 is 0 Å². The lowest BCUT2D eigenvalue weighted by molar-refractivity contribution is 0.270. The van der Waals surface area contributed by atoms with Gasteiger partial charge in [0.05, 0.1) is 6.61 Å². The fraction of sp³-hybridized carbons (Fsp3) is 0.267. The summed E-state index contributed by atoms with van der Waals surface area (Å²) in [7, 11) is 0. The van der Waals surface area contributed by atoms with Gasteiger partial charge in [0, 0.05) is 11.6 Å². The number of aromatic nitrogens is 2. The van der Waals surface area contributed by atoms with Gasteiger partial charge in [-0.05, 0) is 23.6 Å². The summed E-state index contributed by atoms with van der Waals surface area (Å²) in [6, 6.07) is 7.97. The van der Waals surface area contributed by atoms with Crippen LogP contribution in [0.3, 0.4) is 0 Å². The number of rotatable bonds is 4. The monoisotopic (exact) mass is 288 g/mol. The molecule has 0 amide bonds. The van der Waals surface area contributed by atoms with E-state index in [2.05, 4.69) is 31.0 Å². The predicted octanol–water partition coefficient (Wildman–Crippen LogP) is 3.80. The summed E-state index contributed by atoms with van der Waals surface area (Å²) < 4.78 is 7.64. The predicted molar refractivity (Wildman–Crippen MR) is 79.6 cm³/mol. The lowest BCUT2D eigenvalue weighted by Crippen LogP contribution is -1.94. The van der Waals surface area contributed by atoms with Crippen LogP contribution in [0.5, 0.6) is 11.6 Å². The Morgan fingerprint density at radius 3 is 2.70 bits per heavy atom. The van der Waals surface area contributed by atoms with E-state index in [0.29, 0.717) is 17.5 Å². The standard InChI is InChI=1S/C15H16N2O2S/c1-10(2)11-3-5-12(6-4-11)19-14-13(9-18)17-7-8-20-15(17)16-14/h3-8,10,18H,9H2,1-2H3. The number of ether oxygens (including phenoxy) is 1. The molecule has 0 aliphatic heterocycles. The second-order valence-corrected chi connectivity index (χ2v) is 5.78. The molecular formula is C15H16N2O2S. The van der Waals surface area contributed by atoms with Gasteiger partial charge in [0.1, 0.15) is 11.4 Å². The Kier molecular flexibility index (Phi) is 3.46. The average molecular weight is 288 g/mol. The second-order valence-electron chi connectivity index (χ2n) is 4.90. The van der Waals surface area contributed by atoms with Crippen LogP contribution in [0, 0.1) is 0 Å². The van der Waals surface area contributed by atoms with E-state index in [1.807, 2.05) is 28.1 Å². The van der Waals surface area contributed by atoms with Crippen LogP contribution >= 0.6 is 11.3 Å². The molecule has 0 aliphatic carbocycles. The number of aliphatic hydroxyl groups is 1. The van der Waals surface area contributed by atoms with Crippen LogP contribution in [-0.4, -0.2) is 14.5 Å². The third-order valence-corrected chi connectivity index (χ3v) is 3.99. The van der Waals surface area contributed by atoms with Crippen LogP contribution in [0.4, 0.5) is 0 Å². The van der Waals surface area contributed by atoms with Crippen molar-refractivity contribution in [2.24, 2.45) is 0 Å². The third-order valence-electron chi connectivity index (χ3n) is 3.24. The smallest absolute Gasteiger partial charge is 0.244 e. The van der Waals surface area contributed by atoms with E-state index in [-0.39, 0.29) is 6.61 Å². The van der Waals surface area contributed by atoms with Gasteiger partial charge in [-0.25, -0.2) is 0 Å². The van der Waals surface area contributed by atoms with E-state index in [1.165, 1.54) is 16.9 Å². The average Bonchev–Trinajstić information content (AvgIpc) is 2.99. The Labute approximate surface area is 121 Å². The summed E-state index contributed by atoms with van der Waals surface area (Å²) in [6.45, 7) is 4.21. The van der Waals surface area contributed by atoms with Gasteiger partial charge in [-0.3, -0.25) is 4.40 Å². The SMILES string of the molecule is CC(C)c1ccc(Oc2nc3sccn3c2CO)cc1. The molecular weight excluding hydrogens is 272 g/mol. The third kappa shape index (κ3) is 2.30. The Hall–Kier alpha value is -1.85. The fourth-order valence-corrected chi connectivity index (χ4v) is 2.80. The van der Waals surface area contributed by atoms with Crippen LogP contribution in [0.1, 0.15) is 31.0 Å². The summed E-state index contributed by atoms with van der Waals surface area (Å²) in [5.41, 5.74) is 1.94. The lowest BCUT2D eigenvalue weighted by Gasteiger charge is -2.07. The first-order chi connectivity index (χ1) is 9.69. The highest BCUT2D eigenvalue weighted by atomic mass is 32.1. The molecule has 0 radical (unpaired) electrons. The number of thiazole rings is 1. The van der Waals surface area contributed by atoms with Gasteiger partial charge >= 0.3 is 0 Å². The Bertz CT molecular complexity index is 713. The minimum Gasteiger partial charge on any atom is -0.437 e. The maximum absolute atomic E-state index is 9.48. The summed E-state index contributed by atoms with van der Waals surface area (Å²) in [4.78, 5) is 5.22. The number of nitrogens with zero attached hydrogens (tertiary/aromatic N) is 2. The fourth-order valence-electron chi connectivity index (χ4n) is 2.07. The molecule has 1 N–H and O–H groups in total. The Balaban J connectivity index is 1.90. The molecule has 4 nitrogen and oxygen atoms in total. The van der Waals surface area contributed by atoms with Gasteiger partial charge < -0.3 is 9.84 Å². The lowest BCUT2D eigenvalue weighted by atomic mass is 10.0. The van der Waals surface area contributed by atoms with Gasteiger partial charge in [0.15, 0.2) is 4.96 Å². The molecule has 0 atom stereocenters. The van der Waals surface area contributed by atoms with Crippen molar-refractivity contribution in [1.29, 1.82) is 0 Å². The van der Waals surface area contributed by atoms with Gasteiger partial charge in [0.2, 0.25) is 5.88 Å². The molecule has 0 unspecified atom stereocenters. The van der Waals surface area contributed by atoms with Gasteiger partial charge in [-0.1, -0.05) is 26.0 Å². The van der Waals surface area contributed by atoms with Crippen molar-refractivity contribution >= 4 is 16.3 Å². The molecule has 3 rings (SSSR count). The quantitative estimate of drug-likeness (QED) is 0.794. The number of aliphatic hydroxyl groups excluding tert-OH is 1. The molecule has 0 fully saturated rings. The molecule has 0 saturated carbocycles. The zero-order chi connectivity index (χ0) is 14.1. The molecule has 104 valence electrons. The number of fused-ring (bicyclic) bond motifs is 1. The highest BCUT2D eigenvalue weighted by Gasteiger charge is 2.14. The summed E-state index contributed by atoms with van der Waals surface area (Å²) in [6.07, 6.45) is 1.88. The molecule has 5 heteroatoms. The highest BCUT2D eigenvalue weighted by molar-refractivity contribution is 7.15. The molecule has 2 heterocycles. The van der Waals surface area contributed by atoms with Gasteiger partial charge in [-0.2, -0.15) is 4.98 Å². The van der Waals surface area contributed by atoms with Crippen LogP contribution in [0.2, 0.25) is 0 Å². The second kappa shape index (κ2) is 5.26. The minimum atomic E-state index is -0.0999. The normalized spacial score (nSPS) is 11.4. The van der Waals surface area contributed by atoms with E-state index in [4.69, 9.17) is 4.74 Å². The first-order valence-electron chi connectivity index (χ1n) is 6.52. The van der Waals surface area contributed by atoms with Gasteiger partial charge in [0.25, 0.3) is 0 Å². The van der Waals surface area contributed by atoms with Crippen molar-refractivity contribution in [3.05, 3.63) is 47.1 Å². The van der Waals surface area contributed by atoms with Crippen molar-refractivity contribution < 1.29 is 9.84 Å². The molecule has 20 heavy (non-hydrogen) atoms. The van der Waals surface area contributed by atoms with E-state index >= 15 is 0 Å². The number of benzene rings is 1. The van der Waals surface area contributed by atoms with Crippen LogP contribution in [-0.2, 0) is 6.61 Å². The number of hydrogen-bond acceptors (Lipinski definition) is 4. The van der Waals surface area contributed by atoms with E-state index in [9.17, 15) is 5.11 Å². The molecule has 0 aliphatic rings. The minimum absolute atomic E-state index is 0.0999. The van der Waals surface area contributed by atoms with E-state index in [1.54, 1.807) is 0 Å². The first-order valence-corrected chi connectivity index (χ1v) is 7.40. The summed E-state index contributed by atoms with van der Waals surface area (Å²) >= 11 is 1.52.